The zero-order chi connectivity index (χ0) is 12.1. The van der Waals surface area contributed by atoms with Crippen molar-refractivity contribution in [3.05, 3.63) is 36.3 Å². The lowest BCUT2D eigenvalue weighted by Crippen LogP contribution is -2.01. The topological polar surface area (TPSA) is 76.7 Å². The first kappa shape index (κ1) is 11.7. The Bertz CT molecular complexity index is 503. The van der Waals surface area contributed by atoms with E-state index in [-0.39, 0.29) is 0 Å². The van der Waals surface area contributed by atoms with Gasteiger partial charge in [0.05, 0.1) is 0 Å². The number of nitrogen functional groups attached to an aromatic ring is 1. The lowest BCUT2D eigenvalue weighted by Gasteiger charge is -2.09. The second-order valence-electron chi connectivity index (χ2n) is 3.40. The molecule has 0 amide bonds. The Morgan fingerprint density at radius 1 is 1.35 bits per heavy atom. The molecule has 0 spiro atoms. The molecule has 0 bridgehead atoms. The first-order valence-electron chi connectivity index (χ1n) is 5.07. The van der Waals surface area contributed by atoms with Gasteiger partial charge in [-0.05, 0) is 12.3 Å². The second-order valence-corrected chi connectivity index (χ2v) is 4.26. The molecule has 2 aromatic rings. The van der Waals surface area contributed by atoms with Gasteiger partial charge in [-0.1, -0.05) is 6.07 Å². The maximum atomic E-state index is 5.59. The Hall–Kier alpha value is -1.82. The third kappa shape index (κ3) is 3.07. The van der Waals surface area contributed by atoms with Gasteiger partial charge in [-0.2, -0.15) is 11.8 Å². The predicted octanol–water partition coefficient (Wildman–Crippen LogP) is 2.06. The number of hydrogen-bond acceptors (Lipinski definition) is 6. The van der Waals surface area contributed by atoms with Gasteiger partial charge in [0.15, 0.2) is 0 Å². The standard InChI is InChI=1S/C11H13N5S/c1-17-6-8-3-2-4-13-11(8)16-10-5-9(12)14-7-15-10/h2-5,7H,6H2,1H3,(H3,12,13,14,15,16). The van der Waals surface area contributed by atoms with Gasteiger partial charge in [0.1, 0.15) is 23.8 Å². The molecule has 88 valence electrons. The summed E-state index contributed by atoms with van der Waals surface area (Å²) in [5.74, 6) is 2.79. The van der Waals surface area contributed by atoms with E-state index in [9.17, 15) is 0 Å². The minimum absolute atomic E-state index is 0.435. The summed E-state index contributed by atoms with van der Waals surface area (Å²) in [5.41, 5.74) is 6.73. The second kappa shape index (κ2) is 5.49. The summed E-state index contributed by atoms with van der Waals surface area (Å²) in [6.07, 6.45) is 5.23. The van der Waals surface area contributed by atoms with Crippen LogP contribution in [0.5, 0.6) is 0 Å². The van der Waals surface area contributed by atoms with Crippen molar-refractivity contribution in [1.29, 1.82) is 0 Å². The van der Waals surface area contributed by atoms with Crippen molar-refractivity contribution in [1.82, 2.24) is 15.0 Å². The van der Waals surface area contributed by atoms with Gasteiger partial charge in [-0.3, -0.25) is 0 Å². The van der Waals surface area contributed by atoms with Crippen LogP contribution in [0.3, 0.4) is 0 Å². The molecule has 0 aliphatic rings. The fourth-order valence-corrected chi connectivity index (χ4v) is 1.93. The number of nitrogens with two attached hydrogens (primary N) is 1. The van der Waals surface area contributed by atoms with E-state index in [1.807, 2.05) is 12.1 Å². The number of nitrogens with one attached hydrogen (secondary N) is 1. The Kier molecular flexibility index (Phi) is 3.77. The van der Waals surface area contributed by atoms with Crippen LogP contribution in [-0.2, 0) is 5.75 Å². The number of anilines is 3. The molecule has 0 fully saturated rings. The molecular formula is C11H13N5S. The van der Waals surface area contributed by atoms with E-state index in [4.69, 9.17) is 5.73 Å². The van der Waals surface area contributed by atoms with Crippen molar-refractivity contribution in [2.75, 3.05) is 17.3 Å². The number of aromatic nitrogens is 3. The van der Waals surface area contributed by atoms with Crippen LogP contribution in [0, 0.1) is 0 Å². The summed E-state index contributed by atoms with van der Waals surface area (Å²) in [4.78, 5) is 12.2. The number of thioether (sulfide) groups is 1. The number of pyridine rings is 1. The molecule has 0 aromatic carbocycles. The molecule has 6 heteroatoms. The number of hydrogen-bond donors (Lipinski definition) is 2. The Labute approximate surface area is 104 Å². The van der Waals surface area contributed by atoms with Gasteiger partial charge in [-0.25, -0.2) is 15.0 Å². The van der Waals surface area contributed by atoms with Crippen LogP contribution >= 0.6 is 11.8 Å². The Balaban J connectivity index is 2.23. The van der Waals surface area contributed by atoms with E-state index in [0.29, 0.717) is 11.6 Å². The van der Waals surface area contributed by atoms with E-state index in [2.05, 4.69) is 26.5 Å². The number of rotatable bonds is 4. The van der Waals surface area contributed by atoms with Gasteiger partial charge in [0, 0.05) is 23.6 Å². The quantitative estimate of drug-likeness (QED) is 0.861. The SMILES string of the molecule is CSCc1cccnc1Nc1cc(N)ncn1. The Morgan fingerprint density at radius 3 is 3.00 bits per heavy atom. The number of nitrogens with zero attached hydrogens (tertiary/aromatic N) is 3. The maximum absolute atomic E-state index is 5.59. The molecule has 0 aliphatic carbocycles. The van der Waals surface area contributed by atoms with Gasteiger partial charge >= 0.3 is 0 Å². The normalized spacial score (nSPS) is 10.2. The fraction of sp³-hybridized carbons (Fsp3) is 0.182. The highest BCUT2D eigenvalue weighted by atomic mass is 32.2. The molecule has 2 aromatic heterocycles. The van der Waals surface area contributed by atoms with Crippen molar-refractivity contribution < 1.29 is 0 Å². The fourth-order valence-electron chi connectivity index (χ4n) is 1.39. The summed E-state index contributed by atoms with van der Waals surface area (Å²) in [7, 11) is 0. The van der Waals surface area contributed by atoms with Crippen molar-refractivity contribution in [3.63, 3.8) is 0 Å². The van der Waals surface area contributed by atoms with Crippen LogP contribution in [-0.4, -0.2) is 21.2 Å². The lowest BCUT2D eigenvalue weighted by molar-refractivity contribution is 1.15. The molecule has 17 heavy (non-hydrogen) atoms. The third-order valence-electron chi connectivity index (χ3n) is 2.13. The minimum atomic E-state index is 0.435. The maximum Gasteiger partial charge on any atom is 0.137 e. The van der Waals surface area contributed by atoms with Gasteiger partial charge in [0.2, 0.25) is 0 Å². The summed E-state index contributed by atoms with van der Waals surface area (Å²) in [6, 6.07) is 5.64. The highest BCUT2D eigenvalue weighted by Gasteiger charge is 2.04. The molecule has 0 aliphatic heterocycles. The van der Waals surface area contributed by atoms with Gasteiger partial charge in [0.25, 0.3) is 0 Å². The van der Waals surface area contributed by atoms with Gasteiger partial charge < -0.3 is 11.1 Å². The van der Waals surface area contributed by atoms with E-state index in [0.717, 1.165) is 17.1 Å². The van der Waals surface area contributed by atoms with E-state index in [1.54, 1.807) is 24.0 Å². The van der Waals surface area contributed by atoms with E-state index >= 15 is 0 Å². The average Bonchev–Trinajstić information content (AvgIpc) is 2.32. The summed E-state index contributed by atoms with van der Waals surface area (Å²) in [5, 5.41) is 3.14. The molecular weight excluding hydrogens is 234 g/mol. The van der Waals surface area contributed by atoms with Gasteiger partial charge in [-0.15, -0.1) is 0 Å². The van der Waals surface area contributed by atoms with Crippen molar-refractivity contribution >= 4 is 29.2 Å². The van der Waals surface area contributed by atoms with Crippen molar-refractivity contribution in [2.24, 2.45) is 0 Å². The van der Waals surface area contributed by atoms with Crippen LogP contribution in [0.1, 0.15) is 5.56 Å². The summed E-state index contributed by atoms with van der Waals surface area (Å²) in [6.45, 7) is 0. The molecule has 0 saturated carbocycles. The molecule has 0 saturated heterocycles. The zero-order valence-corrected chi connectivity index (χ0v) is 10.2. The minimum Gasteiger partial charge on any atom is -0.384 e. The van der Waals surface area contributed by atoms with Crippen LogP contribution in [0.2, 0.25) is 0 Å². The molecule has 5 nitrogen and oxygen atoms in total. The molecule has 2 rings (SSSR count). The smallest absolute Gasteiger partial charge is 0.137 e. The lowest BCUT2D eigenvalue weighted by atomic mass is 10.3. The third-order valence-corrected chi connectivity index (χ3v) is 2.73. The monoisotopic (exact) mass is 247 g/mol. The van der Waals surface area contributed by atoms with Crippen LogP contribution in [0.4, 0.5) is 17.5 Å². The Morgan fingerprint density at radius 2 is 2.24 bits per heavy atom. The van der Waals surface area contributed by atoms with Crippen LogP contribution in [0.25, 0.3) is 0 Å². The average molecular weight is 247 g/mol. The van der Waals surface area contributed by atoms with Crippen LogP contribution < -0.4 is 11.1 Å². The highest BCUT2D eigenvalue weighted by molar-refractivity contribution is 7.97. The van der Waals surface area contributed by atoms with Crippen molar-refractivity contribution in [3.8, 4) is 0 Å². The summed E-state index contributed by atoms with van der Waals surface area (Å²) >= 11 is 1.75. The zero-order valence-electron chi connectivity index (χ0n) is 9.42. The largest absolute Gasteiger partial charge is 0.384 e. The molecule has 0 radical (unpaired) electrons. The first-order valence-corrected chi connectivity index (χ1v) is 6.46. The molecule has 2 heterocycles. The van der Waals surface area contributed by atoms with E-state index < -0.39 is 0 Å². The molecule has 0 unspecified atom stereocenters. The van der Waals surface area contributed by atoms with E-state index in [1.165, 1.54) is 6.33 Å². The molecule has 0 atom stereocenters. The predicted molar refractivity (Wildman–Crippen MR) is 71.2 cm³/mol. The highest BCUT2D eigenvalue weighted by Crippen LogP contribution is 2.20. The van der Waals surface area contributed by atoms with Crippen molar-refractivity contribution in [2.45, 2.75) is 5.75 Å². The molecule has 3 N–H and O–H groups in total. The van der Waals surface area contributed by atoms with Crippen LogP contribution in [0.15, 0.2) is 30.7 Å². The first-order chi connectivity index (χ1) is 8.29. The summed E-state index contributed by atoms with van der Waals surface area (Å²) < 4.78 is 0.